The van der Waals surface area contributed by atoms with Gasteiger partial charge in [0.05, 0.1) is 0 Å². The molecule has 24 heavy (non-hydrogen) atoms. The normalized spacial score (nSPS) is 11.8. The number of nitrogens with one attached hydrogen (secondary N) is 1. The third-order valence-corrected chi connectivity index (χ3v) is 4.82. The van der Waals surface area contributed by atoms with Gasteiger partial charge in [0.15, 0.2) is 6.61 Å². The lowest BCUT2D eigenvalue weighted by Gasteiger charge is -2.12. The molecule has 0 spiro atoms. The van der Waals surface area contributed by atoms with Gasteiger partial charge in [-0.3, -0.25) is 4.79 Å². The maximum atomic E-state index is 12.1. The summed E-state index contributed by atoms with van der Waals surface area (Å²) in [5.74, 6) is 1.11. The van der Waals surface area contributed by atoms with Crippen LogP contribution in [0.3, 0.4) is 0 Å². The highest BCUT2D eigenvalue weighted by Crippen LogP contribution is 2.22. The van der Waals surface area contributed by atoms with Crippen LogP contribution in [0.25, 0.3) is 0 Å². The van der Waals surface area contributed by atoms with E-state index in [1.807, 2.05) is 24.3 Å². The number of anilines is 1. The quantitative estimate of drug-likeness (QED) is 0.591. The van der Waals surface area contributed by atoms with E-state index in [4.69, 9.17) is 4.74 Å². The predicted molar refractivity (Wildman–Crippen MR) is 108 cm³/mol. The molecule has 0 bridgehead atoms. The minimum Gasteiger partial charge on any atom is -0.484 e. The molecule has 0 aliphatic rings. The molecule has 0 fully saturated rings. The van der Waals surface area contributed by atoms with Gasteiger partial charge >= 0.3 is 0 Å². The molecule has 0 saturated heterocycles. The van der Waals surface area contributed by atoms with Crippen LogP contribution in [0, 0.1) is 3.57 Å². The molecule has 0 aliphatic heterocycles. The minimum atomic E-state index is -0.142. The Morgan fingerprint density at radius 2 is 1.88 bits per heavy atom. The van der Waals surface area contributed by atoms with Gasteiger partial charge in [0.25, 0.3) is 5.91 Å². The summed E-state index contributed by atoms with van der Waals surface area (Å²) in [6.07, 6.45) is 1.99. The fourth-order valence-electron chi connectivity index (χ4n) is 2.44. The van der Waals surface area contributed by atoms with Gasteiger partial charge in [-0.05, 0) is 82.8 Å². The smallest absolute Gasteiger partial charge is 0.262 e. The number of hydrogen-bond donors (Lipinski definition) is 1. The van der Waals surface area contributed by atoms with Crippen LogP contribution < -0.4 is 10.1 Å². The van der Waals surface area contributed by atoms with Crippen LogP contribution in [0.4, 0.5) is 5.69 Å². The Labute approximate surface area is 157 Å². The predicted octanol–water partition coefficient (Wildman–Crippen LogP) is 5.38. The second-order valence-corrected chi connectivity index (χ2v) is 7.12. The van der Waals surface area contributed by atoms with E-state index < -0.39 is 0 Å². The number of halogens is 1. The number of aryl methyl sites for hydroxylation is 1. The van der Waals surface area contributed by atoms with Crippen LogP contribution in [0.15, 0.2) is 42.5 Å². The Hall–Kier alpha value is -1.56. The molecule has 2 aromatic rings. The van der Waals surface area contributed by atoms with Crippen molar-refractivity contribution in [2.75, 3.05) is 11.9 Å². The zero-order valence-electron chi connectivity index (χ0n) is 14.4. The van der Waals surface area contributed by atoms with Gasteiger partial charge < -0.3 is 10.1 Å². The van der Waals surface area contributed by atoms with Crippen molar-refractivity contribution >= 4 is 34.2 Å². The Kier molecular flexibility index (Phi) is 7.09. The SMILES string of the molecule is CCc1cc(I)ccc1NC(=O)COc1ccc([C@H](C)CC)cc1. The van der Waals surface area contributed by atoms with Gasteiger partial charge in [-0.25, -0.2) is 0 Å². The lowest BCUT2D eigenvalue weighted by Crippen LogP contribution is -2.21. The van der Waals surface area contributed by atoms with Gasteiger partial charge in [0.1, 0.15) is 5.75 Å². The van der Waals surface area contributed by atoms with Crippen molar-refractivity contribution in [3.63, 3.8) is 0 Å². The van der Waals surface area contributed by atoms with Crippen molar-refractivity contribution in [3.05, 3.63) is 57.2 Å². The van der Waals surface area contributed by atoms with E-state index in [2.05, 4.69) is 66.9 Å². The van der Waals surface area contributed by atoms with E-state index in [9.17, 15) is 4.79 Å². The molecule has 3 nitrogen and oxygen atoms in total. The van der Waals surface area contributed by atoms with Crippen molar-refractivity contribution < 1.29 is 9.53 Å². The summed E-state index contributed by atoms with van der Waals surface area (Å²) in [6.45, 7) is 6.47. The van der Waals surface area contributed by atoms with Crippen LogP contribution >= 0.6 is 22.6 Å². The Morgan fingerprint density at radius 1 is 1.17 bits per heavy atom. The Morgan fingerprint density at radius 3 is 2.50 bits per heavy atom. The van der Waals surface area contributed by atoms with Gasteiger partial charge in [-0.2, -0.15) is 0 Å². The Balaban J connectivity index is 1.91. The molecule has 1 N–H and O–H groups in total. The van der Waals surface area contributed by atoms with Crippen molar-refractivity contribution in [2.24, 2.45) is 0 Å². The summed E-state index contributed by atoms with van der Waals surface area (Å²) < 4.78 is 6.76. The largest absolute Gasteiger partial charge is 0.484 e. The molecule has 0 aromatic heterocycles. The first kappa shape index (κ1) is 18.8. The Bertz CT molecular complexity index is 683. The lowest BCUT2D eigenvalue weighted by molar-refractivity contribution is -0.118. The molecule has 0 unspecified atom stereocenters. The van der Waals surface area contributed by atoms with E-state index in [1.165, 1.54) is 9.13 Å². The summed E-state index contributed by atoms with van der Waals surface area (Å²) in [4.78, 5) is 12.1. The van der Waals surface area contributed by atoms with E-state index in [-0.39, 0.29) is 12.5 Å². The summed E-state index contributed by atoms with van der Waals surface area (Å²) in [5, 5.41) is 2.93. The first-order chi connectivity index (χ1) is 11.5. The van der Waals surface area contributed by atoms with E-state index in [1.54, 1.807) is 0 Å². The van der Waals surface area contributed by atoms with Gasteiger partial charge in [0.2, 0.25) is 0 Å². The van der Waals surface area contributed by atoms with E-state index in [0.29, 0.717) is 5.92 Å². The van der Waals surface area contributed by atoms with Gasteiger partial charge in [-0.1, -0.05) is 32.9 Å². The highest BCUT2D eigenvalue weighted by Gasteiger charge is 2.08. The van der Waals surface area contributed by atoms with Gasteiger partial charge in [-0.15, -0.1) is 0 Å². The zero-order valence-corrected chi connectivity index (χ0v) is 16.6. The molecule has 0 radical (unpaired) electrons. The lowest BCUT2D eigenvalue weighted by atomic mass is 9.99. The molecule has 0 saturated carbocycles. The van der Waals surface area contributed by atoms with Gasteiger partial charge in [0, 0.05) is 9.26 Å². The molecule has 1 atom stereocenters. The number of hydrogen-bond acceptors (Lipinski definition) is 2. The zero-order chi connectivity index (χ0) is 17.5. The topological polar surface area (TPSA) is 38.3 Å². The minimum absolute atomic E-state index is 0.0117. The second kappa shape index (κ2) is 9.06. The van der Waals surface area contributed by atoms with Crippen LogP contribution in [0.2, 0.25) is 0 Å². The summed E-state index contributed by atoms with van der Waals surface area (Å²) in [5.41, 5.74) is 3.28. The van der Waals surface area contributed by atoms with E-state index >= 15 is 0 Å². The third-order valence-electron chi connectivity index (χ3n) is 4.15. The number of amides is 1. The first-order valence-electron chi connectivity index (χ1n) is 8.34. The van der Waals surface area contributed by atoms with Crippen LogP contribution in [0.5, 0.6) is 5.75 Å². The molecule has 1 amide bonds. The molecular formula is C20H24INO2. The number of ether oxygens (including phenoxy) is 1. The maximum Gasteiger partial charge on any atom is 0.262 e. The average Bonchev–Trinajstić information content (AvgIpc) is 2.61. The van der Waals surface area contributed by atoms with Crippen molar-refractivity contribution in [1.29, 1.82) is 0 Å². The molecule has 0 aliphatic carbocycles. The van der Waals surface area contributed by atoms with Crippen LogP contribution in [-0.2, 0) is 11.2 Å². The van der Waals surface area contributed by atoms with E-state index in [0.717, 1.165) is 29.8 Å². The molecular weight excluding hydrogens is 413 g/mol. The monoisotopic (exact) mass is 437 g/mol. The first-order valence-corrected chi connectivity index (χ1v) is 9.42. The molecule has 2 rings (SSSR count). The average molecular weight is 437 g/mol. The number of rotatable bonds is 7. The fourth-order valence-corrected chi connectivity index (χ4v) is 3.00. The van der Waals surface area contributed by atoms with Crippen LogP contribution in [0.1, 0.15) is 44.2 Å². The number of benzene rings is 2. The van der Waals surface area contributed by atoms with Crippen LogP contribution in [-0.4, -0.2) is 12.5 Å². The van der Waals surface area contributed by atoms with Crippen molar-refractivity contribution in [1.82, 2.24) is 0 Å². The fraction of sp³-hybridized carbons (Fsp3) is 0.350. The second-order valence-electron chi connectivity index (χ2n) is 5.87. The highest BCUT2D eigenvalue weighted by atomic mass is 127. The highest BCUT2D eigenvalue weighted by molar-refractivity contribution is 14.1. The third kappa shape index (κ3) is 5.23. The summed E-state index contributed by atoms with van der Waals surface area (Å²) in [7, 11) is 0. The molecule has 2 aromatic carbocycles. The van der Waals surface area contributed by atoms with Crippen molar-refractivity contribution in [3.8, 4) is 5.75 Å². The summed E-state index contributed by atoms with van der Waals surface area (Å²) >= 11 is 2.28. The molecule has 0 heterocycles. The number of carbonyl (C=O) groups is 1. The standard InChI is InChI=1S/C20H24INO2/c1-4-14(3)16-6-9-18(10-7-16)24-13-20(23)22-19-11-8-17(21)12-15(19)5-2/h6-12,14H,4-5,13H2,1-3H3,(H,22,23)/t14-/m1/s1. The number of carbonyl (C=O) groups excluding carboxylic acids is 1. The molecule has 128 valence electrons. The van der Waals surface area contributed by atoms with Crippen molar-refractivity contribution in [2.45, 2.75) is 39.5 Å². The molecule has 4 heteroatoms. The summed E-state index contributed by atoms with van der Waals surface area (Å²) in [6, 6.07) is 14.0. The maximum absolute atomic E-state index is 12.1.